The molecule has 0 amide bonds. The van der Waals surface area contributed by atoms with Crippen LogP contribution < -0.4 is 0 Å². The molecule has 0 spiro atoms. The van der Waals surface area contributed by atoms with Gasteiger partial charge in [0.05, 0.1) is 19.6 Å². The van der Waals surface area contributed by atoms with Crippen molar-refractivity contribution < 1.29 is 19.4 Å². The van der Waals surface area contributed by atoms with Crippen LogP contribution in [0.1, 0.15) is 47.5 Å². The maximum absolute atomic E-state index is 11.0. The van der Waals surface area contributed by atoms with Gasteiger partial charge in [0.15, 0.2) is 0 Å². The molecular weight excluding hydrogens is 220 g/mol. The molecule has 0 bridgehead atoms. The van der Waals surface area contributed by atoms with E-state index in [-0.39, 0.29) is 23.0 Å². The number of hydrogen-bond donors (Lipinski definition) is 1. The lowest BCUT2D eigenvalue weighted by Gasteiger charge is -2.27. The summed E-state index contributed by atoms with van der Waals surface area (Å²) in [5.74, 6) is -0.676. The van der Waals surface area contributed by atoms with Crippen LogP contribution in [-0.4, -0.2) is 30.1 Å². The zero-order valence-corrected chi connectivity index (χ0v) is 11.5. The van der Waals surface area contributed by atoms with Gasteiger partial charge in [0.2, 0.25) is 0 Å². The van der Waals surface area contributed by atoms with Crippen LogP contribution in [0.2, 0.25) is 0 Å². The topological polar surface area (TPSA) is 63.6 Å². The third-order valence-electron chi connectivity index (χ3n) is 2.34. The summed E-state index contributed by atoms with van der Waals surface area (Å²) in [6.45, 7) is 10.1. The second-order valence-corrected chi connectivity index (χ2v) is 6.27. The van der Waals surface area contributed by atoms with Crippen molar-refractivity contribution in [3.05, 3.63) is 0 Å². The van der Waals surface area contributed by atoms with E-state index in [0.29, 0.717) is 19.6 Å². The van der Waals surface area contributed by atoms with E-state index in [4.69, 9.17) is 9.84 Å². The molecule has 0 saturated carbocycles. The van der Waals surface area contributed by atoms with Crippen molar-refractivity contribution in [2.24, 2.45) is 10.8 Å². The molecule has 4 heteroatoms. The summed E-state index contributed by atoms with van der Waals surface area (Å²) >= 11 is 0. The Morgan fingerprint density at radius 1 is 1.00 bits per heavy atom. The van der Waals surface area contributed by atoms with E-state index >= 15 is 0 Å². The normalized spacial score (nSPS) is 12.5. The predicted octanol–water partition coefficient (Wildman–Crippen LogP) is 2.51. The summed E-state index contributed by atoms with van der Waals surface area (Å²) in [5, 5.41) is 8.73. The molecule has 100 valence electrons. The molecule has 0 aliphatic rings. The van der Waals surface area contributed by atoms with Gasteiger partial charge in [0, 0.05) is 6.42 Å². The SMILES string of the molecule is CC(=O)CC(C)(C)COCC(C)(C)CC(=O)O. The molecule has 0 radical (unpaired) electrons. The van der Waals surface area contributed by atoms with Crippen molar-refractivity contribution in [2.75, 3.05) is 13.2 Å². The van der Waals surface area contributed by atoms with E-state index < -0.39 is 5.97 Å². The second kappa shape index (κ2) is 6.15. The fourth-order valence-corrected chi connectivity index (χ4v) is 1.79. The van der Waals surface area contributed by atoms with Crippen molar-refractivity contribution in [2.45, 2.75) is 47.5 Å². The number of carbonyl (C=O) groups excluding carboxylic acids is 1. The zero-order chi connectivity index (χ0) is 13.7. The lowest BCUT2D eigenvalue weighted by molar-refractivity contribution is -0.140. The number of ether oxygens (including phenoxy) is 1. The number of aliphatic carboxylic acids is 1. The van der Waals surface area contributed by atoms with Crippen molar-refractivity contribution in [1.82, 2.24) is 0 Å². The first-order chi connectivity index (χ1) is 7.54. The molecule has 0 unspecified atom stereocenters. The molecule has 1 N–H and O–H groups in total. The molecule has 0 aromatic carbocycles. The van der Waals surface area contributed by atoms with Gasteiger partial charge in [-0.25, -0.2) is 0 Å². The van der Waals surface area contributed by atoms with E-state index in [0.717, 1.165) is 0 Å². The quantitative estimate of drug-likeness (QED) is 0.712. The fourth-order valence-electron chi connectivity index (χ4n) is 1.79. The van der Waals surface area contributed by atoms with Gasteiger partial charge in [0.25, 0.3) is 0 Å². The van der Waals surface area contributed by atoms with Gasteiger partial charge < -0.3 is 14.6 Å². The van der Waals surface area contributed by atoms with Crippen LogP contribution >= 0.6 is 0 Å². The maximum Gasteiger partial charge on any atom is 0.303 e. The Morgan fingerprint density at radius 2 is 1.41 bits per heavy atom. The van der Waals surface area contributed by atoms with Crippen LogP contribution in [0.5, 0.6) is 0 Å². The molecule has 17 heavy (non-hydrogen) atoms. The number of carboxylic acid groups (broad SMARTS) is 1. The highest BCUT2D eigenvalue weighted by atomic mass is 16.5. The van der Waals surface area contributed by atoms with Crippen LogP contribution in [0.4, 0.5) is 0 Å². The van der Waals surface area contributed by atoms with E-state index in [2.05, 4.69) is 0 Å². The Morgan fingerprint density at radius 3 is 1.76 bits per heavy atom. The largest absolute Gasteiger partial charge is 0.481 e. The summed E-state index contributed by atoms with van der Waals surface area (Å²) < 4.78 is 5.55. The number of carboxylic acids is 1. The molecular formula is C13H24O4. The van der Waals surface area contributed by atoms with E-state index in [1.807, 2.05) is 27.7 Å². The summed E-state index contributed by atoms with van der Waals surface area (Å²) in [4.78, 5) is 21.7. The molecule has 0 aromatic rings. The highest BCUT2D eigenvalue weighted by molar-refractivity contribution is 5.76. The standard InChI is InChI=1S/C13H24O4/c1-10(14)6-12(2,3)8-17-9-13(4,5)7-11(15)16/h6-9H2,1-5H3,(H,15,16). The Kier molecular flexibility index (Phi) is 5.82. The number of Topliss-reactive ketones (excluding diaryl/α,β-unsaturated/α-hetero) is 1. The maximum atomic E-state index is 11.0. The molecule has 0 aliphatic heterocycles. The monoisotopic (exact) mass is 244 g/mol. The van der Waals surface area contributed by atoms with Gasteiger partial charge >= 0.3 is 5.97 Å². The number of hydrogen-bond acceptors (Lipinski definition) is 3. The molecule has 0 aromatic heterocycles. The molecule has 0 atom stereocenters. The molecule has 0 rings (SSSR count). The molecule has 0 saturated heterocycles. The minimum absolute atomic E-state index is 0.0835. The fraction of sp³-hybridized carbons (Fsp3) is 0.846. The number of ketones is 1. The highest BCUT2D eigenvalue weighted by Crippen LogP contribution is 2.25. The van der Waals surface area contributed by atoms with Gasteiger partial charge in [-0.1, -0.05) is 27.7 Å². The van der Waals surface area contributed by atoms with Gasteiger partial charge in [-0.05, 0) is 17.8 Å². The van der Waals surface area contributed by atoms with Gasteiger partial charge in [-0.15, -0.1) is 0 Å². The summed E-state index contributed by atoms with van der Waals surface area (Å²) in [6, 6.07) is 0. The predicted molar refractivity (Wildman–Crippen MR) is 65.9 cm³/mol. The summed E-state index contributed by atoms with van der Waals surface area (Å²) in [6.07, 6.45) is 0.562. The average molecular weight is 244 g/mol. The number of rotatable bonds is 8. The first kappa shape index (κ1) is 16.1. The lowest BCUT2D eigenvalue weighted by Crippen LogP contribution is -2.28. The third-order valence-corrected chi connectivity index (χ3v) is 2.34. The Bertz CT molecular complexity index is 251. The lowest BCUT2D eigenvalue weighted by atomic mass is 9.88. The van der Waals surface area contributed by atoms with Crippen molar-refractivity contribution in [3.63, 3.8) is 0 Å². The minimum atomic E-state index is -0.818. The van der Waals surface area contributed by atoms with Crippen LogP contribution in [0, 0.1) is 10.8 Å². The molecule has 0 fully saturated rings. The Balaban J connectivity index is 4.05. The van der Waals surface area contributed by atoms with Crippen LogP contribution in [0.15, 0.2) is 0 Å². The van der Waals surface area contributed by atoms with E-state index in [9.17, 15) is 9.59 Å². The van der Waals surface area contributed by atoms with Crippen LogP contribution in [0.25, 0.3) is 0 Å². The Labute approximate surface area is 103 Å². The van der Waals surface area contributed by atoms with Gasteiger partial charge in [-0.2, -0.15) is 0 Å². The van der Waals surface area contributed by atoms with Gasteiger partial charge in [0.1, 0.15) is 5.78 Å². The third kappa shape index (κ3) is 8.86. The van der Waals surface area contributed by atoms with Crippen molar-refractivity contribution >= 4 is 11.8 Å². The van der Waals surface area contributed by atoms with Crippen LogP contribution in [0.3, 0.4) is 0 Å². The van der Waals surface area contributed by atoms with Crippen LogP contribution in [-0.2, 0) is 14.3 Å². The first-order valence-corrected chi connectivity index (χ1v) is 5.83. The number of carbonyl (C=O) groups is 2. The smallest absolute Gasteiger partial charge is 0.303 e. The summed E-state index contributed by atoms with van der Waals surface area (Å²) in [5.41, 5.74) is -0.566. The molecule has 0 heterocycles. The van der Waals surface area contributed by atoms with Gasteiger partial charge in [-0.3, -0.25) is 4.79 Å². The summed E-state index contributed by atoms with van der Waals surface area (Å²) in [7, 11) is 0. The van der Waals surface area contributed by atoms with Crippen molar-refractivity contribution in [1.29, 1.82) is 0 Å². The van der Waals surface area contributed by atoms with E-state index in [1.165, 1.54) is 0 Å². The van der Waals surface area contributed by atoms with Crippen molar-refractivity contribution in [3.8, 4) is 0 Å². The van der Waals surface area contributed by atoms with E-state index in [1.54, 1.807) is 6.92 Å². The first-order valence-electron chi connectivity index (χ1n) is 5.83. The Hall–Kier alpha value is -0.900. The zero-order valence-electron chi connectivity index (χ0n) is 11.5. The highest BCUT2D eigenvalue weighted by Gasteiger charge is 2.25. The molecule has 0 aliphatic carbocycles. The minimum Gasteiger partial charge on any atom is -0.481 e. The average Bonchev–Trinajstić information content (AvgIpc) is 1.96. The second-order valence-electron chi connectivity index (χ2n) is 6.27. The molecule has 4 nitrogen and oxygen atoms in total.